The molecule has 156 valence electrons. The lowest BCUT2D eigenvalue weighted by atomic mass is 10.1. The van der Waals surface area contributed by atoms with Gasteiger partial charge in [0.2, 0.25) is 5.95 Å². The quantitative estimate of drug-likeness (QED) is 0.331. The number of hydrogen-bond acceptors (Lipinski definition) is 7. The van der Waals surface area contributed by atoms with Crippen LogP contribution in [0.4, 0.5) is 5.95 Å². The first-order chi connectivity index (χ1) is 15.1. The van der Waals surface area contributed by atoms with Crippen LogP contribution in [-0.2, 0) is 6.42 Å². The van der Waals surface area contributed by atoms with Gasteiger partial charge >= 0.3 is 0 Å². The molecule has 8 heteroatoms. The highest BCUT2D eigenvalue weighted by molar-refractivity contribution is 5.82. The number of hydrogen-bond donors (Lipinski definition) is 2. The summed E-state index contributed by atoms with van der Waals surface area (Å²) in [7, 11) is 3.14. The Morgan fingerprint density at radius 2 is 2.03 bits per heavy atom. The summed E-state index contributed by atoms with van der Waals surface area (Å²) in [6.07, 6.45) is 3.93. The Morgan fingerprint density at radius 1 is 1.26 bits per heavy atom. The van der Waals surface area contributed by atoms with Crippen LogP contribution in [-0.4, -0.2) is 30.4 Å². The fourth-order valence-corrected chi connectivity index (χ4v) is 3.05. The number of rotatable bonds is 8. The van der Waals surface area contributed by atoms with Gasteiger partial charge in [-0.15, -0.1) is 6.58 Å². The molecule has 1 aromatic heterocycles. The number of aromatic nitrogens is 2. The molecule has 3 aromatic rings. The Hall–Kier alpha value is -4.38. The van der Waals surface area contributed by atoms with Crippen LogP contribution >= 0.6 is 0 Å². The SMILES string of the molecule is C=CCc1cc(C=NNc2nc(-c3ccccc3)c(C#N)c(=O)[nH]2)cc(OC)c1OC. The highest BCUT2D eigenvalue weighted by atomic mass is 16.5. The average Bonchev–Trinajstić information content (AvgIpc) is 2.79. The summed E-state index contributed by atoms with van der Waals surface area (Å²) in [5.74, 6) is 1.32. The second-order valence-corrected chi connectivity index (χ2v) is 6.39. The van der Waals surface area contributed by atoms with Crippen LogP contribution in [0.15, 0.2) is 65.0 Å². The van der Waals surface area contributed by atoms with E-state index in [4.69, 9.17) is 9.47 Å². The standard InChI is InChI=1S/C23H21N5O3/c1-4-8-17-11-15(12-19(30-2)21(17)31-3)14-25-28-23-26-20(16-9-6-5-7-10-16)18(13-24)22(29)27-23/h4-7,9-12,14H,1,8H2,2-3H3,(H2,26,27,28,29). The molecule has 0 saturated carbocycles. The predicted molar refractivity (Wildman–Crippen MR) is 120 cm³/mol. The number of methoxy groups -OCH3 is 2. The molecular formula is C23H21N5O3. The molecule has 8 nitrogen and oxygen atoms in total. The first kappa shape index (κ1) is 21.3. The summed E-state index contributed by atoms with van der Waals surface area (Å²) < 4.78 is 10.8. The summed E-state index contributed by atoms with van der Waals surface area (Å²) in [6.45, 7) is 3.77. The molecule has 0 amide bonds. The Morgan fingerprint density at radius 3 is 2.68 bits per heavy atom. The van der Waals surface area contributed by atoms with Crippen molar-refractivity contribution in [1.29, 1.82) is 5.26 Å². The van der Waals surface area contributed by atoms with Gasteiger partial charge in [-0.25, -0.2) is 10.4 Å². The molecule has 0 unspecified atom stereocenters. The van der Waals surface area contributed by atoms with Gasteiger partial charge in [0.1, 0.15) is 11.6 Å². The van der Waals surface area contributed by atoms with Gasteiger partial charge in [-0.05, 0) is 24.1 Å². The van der Waals surface area contributed by atoms with Crippen LogP contribution in [0.3, 0.4) is 0 Å². The first-order valence-electron chi connectivity index (χ1n) is 9.36. The summed E-state index contributed by atoms with van der Waals surface area (Å²) in [6, 6.07) is 14.6. The summed E-state index contributed by atoms with van der Waals surface area (Å²) in [5, 5.41) is 13.5. The van der Waals surface area contributed by atoms with Crippen LogP contribution in [0.2, 0.25) is 0 Å². The van der Waals surface area contributed by atoms with Crippen molar-refractivity contribution in [2.75, 3.05) is 19.6 Å². The minimum absolute atomic E-state index is 0.0605. The number of benzene rings is 2. The van der Waals surface area contributed by atoms with Gasteiger partial charge in [-0.1, -0.05) is 36.4 Å². The predicted octanol–water partition coefficient (Wildman–Crippen LogP) is 3.50. The zero-order valence-electron chi connectivity index (χ0n) is 17.2. The minimum atomic E-state index is -0.548. The molecule has 2 aromatic carbocycles. The van der Waals surface area contributed by atoms with Crippen molar-refractivity contribution in [3.8, 4) is 28.8 Å². The third kappa shape index (κ3) is 4.79. The Kier molecular flexibility index (Phi) is 6.81. The number of H-pyrrole nitrogens is 1. The van der Waals surface area contributed by atoms with Crippen molar-refractivity contribution in [3.63, 3.8) is 0 Å². The topological polar surface area (TPSA) is 112 Å². The fourth-order valence-electron chi connectivity index (χ4n) is 3.05. The number of aromatic amines is 1. The molecule has 0 atom stereocenters. The minimum Gasteiger partial charge on any atom is -0.493 e. The monoisotopic (exact) mass is 415 g/mol. The van der Waals surface area contributed by atoms with Gasteiger partial charge in [0.25, 0.3) is 5.56 Å². The summed E-state index contributed by atoms with van der Waals surface area (Å²) in [5.41, 5.74) is 4.69. The lowest BCUT2D eigenvalue weighted by molar-refractivity contribution is 0.352. The van der Waals surface area contributed by atoms with Gasteiger partial charge < -0.3 is 9.47 Å². The van der Waals surface area contributed by atoms with E-state index < -0.39 is 5.56 Å². The number of allylic oxidation sites excluding steroid dienone is 1. The van der Waals surface area contributed by atoms with Crippen LogP contribution in [0.1, 0.15) is 16.7 Å². The van der Waals surface area contributed by atoms with Crippen LogP contribution in [0.25, 0.3) is 11.3 Å². The Bertz CT molecular complexity index is 1210. The number of nitrogens with zero attached hydrogens (tertiary/aromatic N) is 3. The van der Waals surface area contributed by atoms with Crippen molar-refractivity contribution in [2.45, 2.75) is 6.42 Å². The molecule has 3 rings (SSSR count). The van der Waals surface area contributed by atoms with E-state index in [2.05, 4.69) is 27.1 Å². The molecule has 2 N–H and O–H groups in total. The lowest BCUT2D eigenvalue weighted by Gasteiger charge is -2.13. The van der Waals surface area contributed by atoms with E-state index in [-0.39, 0.29) is 17.2 Å². The molecule has 0 radical (unpaired) electrons. The molecule has 0 fully saturated rings. The maximum absolute atomic E-state index is 12.3. The largest absolute Gasteiger partial charge is 0.493 e. The molecule has 0 saturated heterocycles. The molecular weight excluding hydrogens is 394 g/mol. The lowest BCUT2D eigenvalue weighted by Crippen LogP contribution is -2.16. The highest BCUT2D eigenvalue weighted by Crippen LogP contribution is 2.32. The Balaban J connectivity index is 1.92. The maximum Gasteiger partial charge on any atom is 0.270 e. The van der Waals surface area contributed by atoms with Crippen LogP contribution < -0.4 is 20.5 Å². The highest BCUT2D eigenvalue weighted by Gasteiger charge is 2.13. The average molecular weight is 415 g/mol. The number of anilines is 1. The molecule has 0 aliphatic heterocycles. The van der Waals surface area contributed by atoms with E-state index in [9.17, 15) is 10.1 Å². The number of nitriles is 1. The summed E-state index contributed by atoms with van der Waals surface area (Å²) in [4.78, 5) is 19.2. The van der Waals surface area contributed by atoms with Gasteiger partial charge in [-0.3, -0.25) is 9.78 Å². The number of hydrazone groups is 1. The normalized spacial score (nSPS) is 10.5. The second kappa shape index (κ2) is 9.89. The molecule has 31 heavy (non-hydrogen) atoms. The molecule has 0 bridgehead atoms. The van der Waals surface area contributed by atoms with E-state index in [0.29, 0.717) is 23.5 Å². The smallest absolute Gasteiger partial charge is 0.270 e. The zero-order chi connectivity index (χ0) is 22.2. The summed E-state index contributed by atoms with van der Waals surface area (Å²) >= 11 is 0. The van der Waals surface area contributed by atoms with Crippen molar-refractivity contribution >= 4 is 12.2 Å². The van der Waals surface area contributed by atoms with Crippen molar-refractivity contribution < 1.29 is 9.47 Å². The molecule has 1 heterocycles. The third-order valence-electron chi connectivity index (χ3n) is 4.40. The maximum atomic E-state index is 12.3. The van der Waals surface area contributed by atoms with Gasteiger partial charge in [0, 0.05) is 11.1 Å². The van der Waals surface area contributed by atoms with Crippen molar-refractivity contribution in [2.24, 2.45) is 5.10 Å². The second-order valence-electron chi connectivity index (χ2n) is 6.39. The molecule has 0 spiro atoms. The fraction of sp³-hybridized carbons (Fsp3) is 0.130. The van der Waals surface area contributed by atoms with Gasteiger partial charge in [0.15, 0.2) is 11.5 Å². The van der Waals surface area contributed by atoms with Crippen molar-refractivity contribution in [3.05, 3.63) is 82.2 Å². The van der Waals surface area contributed by atoms with Crippen LogP contribution in [0, 0.1) is 11.3 Å². The van der Waals surface area contributed by atoms with E-state index in [1.165, 1.54) is 0 Å². The van der Waals surface area contributed by atoms with Crippen molar-refractivity contribution in [1.82, 2.24) is 9.97 Å². The van der Waals surface area contributed by atoms with Gasteiger partial charge in [0.05, 0.1) is 26.1 Å². The van der Waals surface area contributed by atoms with Crippen LogP contribution in [0.5, 0.6) is 11.5 Å². The molecule has 0 aliphatic carbocycles. The number of nitrogens with one attached hydrogen (secondary N) is 2. The molecule has 0 aliphatic rings. The number of ether oxygens (including phenoxy) is 2. The zero-order valence-corrected chi connectivity index (χ0v) is 17.2. The first-order valence-corrected chi connectivity index (χ1v) is 9.36. The van der Waals surface area contributed by atoms with E-state index in [0.717, 1.165) is 11.1 Å². The van der Waals surface area contributed by atoms with Gasteiger partial charge in [-0.2, -0.15) is 10.4 Å². The van der Waals surface area contributed by atoms with E-state index in [1.54, 1.807) is 44.7 Å². The van der Waals surface area contributed by atoms with E-state index >= 15 is 0 Å². The third-order valence-corrected chi connectivity index (χ3v) is 4.40. The van der Waals surface area contributed by atoms with E-state index in [1.807, 2.05) is 30.3 Å². The Labute approximate surface area is 179 Å².